The van der Waals surface area contributed by atoms with Gasteiger partial charge in [0.05, 0.1) is 0 Å². The van der Waals surface area contributed by atoms with Gasteiger partial charge >= 0.3 is 25.8 Å². The van der Waals surface area contributed by atoms with Gasteiger partial charge in [-0.1, -0.05) is 116 Å². The zero-order valence-corrected chi connectivity index (χ0v) is 29.3. The third-order valence-electron chi connectivity index (χ3n) is 6.90. The molecule has 0 nitrogen and oxygen atoms in total. The summed E-state index contributed by atoms with van der Waals surface area (Å²) in [7, 11) is 0. The summed E-state index contributed by atoms with van der Waals surface area (Å²) in [6, 6.07) is 27.0. The van der Waals surface area contributed by atoms with Crippen molar-refractivity contribution in [1.29, 1.82) is 0 Å². The van der Waals surface area contributed by atoms with E-state index in [4.69, 9.17) is 0 Å². The molecule has 0 atom stereocenters. The minimum Gasteiger partial charge on any atom is -1.00 e. The summed E-state index contributed by atoms with van der Waals surface area (Å²) >= 11 is 0. The molecule has 0 N–H and O–H groups in total. The van der Waals surface area contributed by atoms with Gasteiger partial charge in [-0.3, -0.25) is 0 Å². The summed E-state index contributed by atoms with van der Waals surface area (Å²) in [5.41, 5.74) is 14.0. The van der Waals surface area contributed by atoms with E-state index in [1.54, 1.807) is 0 Å². The van der Waals surface area contributed by atoms with Gasteiger partial charge in [0.2, 0.25) is 0 Å². The number of benzene rings is 2. The number of hydrogen-bond acceptors (Lipinski definition) is 0. The number of aryl methyl sites for hydroxylation is 4. The van der Waals surface area contributed by atoms with Crippen LogP contribution in [0.5, 0.6) is 0 Å². The van der Waals surface area contributed by atoms with E-state index in [1.165, 1.54) is 55.6 Å². The maximum absolute atomic E-state index is 2.27. The minimum absolute atomic E-state index is 0. The fourth-order valence-electron chi connectivity index (χ4n) is 4.13. The van der Waals surface area contributed by atoms with Crippen molar-refractivity contribution in [3.63, 3.8) is 0 Å². The van der Waals surface area contributed by atoms with Gasteiger partial charge in [-0.05, 0) is 10.8 Å². The quantitative estimate of drug-likeness (QED) is 0.220. The molecule has 0 aliphatic carbocycles. The number of halogens is 2. The second-order valence-electron chi connectivity index (χ2n) is 11.9. The molecule has 0 aliphatic rings. The number of rotatable bonds is 2. The molecule has 37 heavy (non-hydrogen) atoms. The van der Waals surface area contributed by atoms with Gasteiger partial charge < -0.3 is 24.8 Å². The van der Waals surface area contributed by atoms with Crippen LogP contribution in [0, 0.1) is 27.7 Å². The van der Waals surface area contributed by atoms with Crippen LogP contribution >= 0.6 is 0 Å². The Labute approximate surface area is 257 Å². The first kappa shape index (κ1) is 35.6. The molecule has 4 rings (SSSR count). The first-order valence-electron chi connectivity index (χ1n) is 12.5. The van der Waals surface area contributed by atoms with Crippen LogP contribution in [-0.2, 0) is 36.7 Å². The molecule has 0 unspecified atom stereocenters. The molecular formula is C34H42Cl2Hf. The maximum Gasteiger partial charge on any atom is 4.00 e. The fourth-order valence-corrected chi connectivity index (χ4v) is 4.13. The van der Waals surface area contributed by atoms with Crippen LogP contribution in [0.4, 0.5) is 0 Å². The normalized spacial score (nSPS) is 10.9. The molecule has 0 spiro atoms. The second kappa shape index (κ2) is 14.1. The number of hydrogen-bond donors (Lipinski definition) is 0. The van der Waals surface area contributed by atoms with Gasteiger partial charge in [-0.25, -0.2) is 0 Å². The summed E-state index contributed by atoms with van der Waals surface area (Å²) in [5.74, 6) is 0. The van der Waals surface area contributed by atoms with Gasteiger partial charge in [-0.2, -0.15) is 0 Å². The van der Waals surface area contributed by atoms with E-state index in [0.717, 1.165) is 0 Å². The van der Waals surface area contributed by atoms with Crippen molar-refractivity contribution >= 4 is 0 Å². The third-order valence-corrected chi connectivity index (χ3v) is 6.90. The molecule has 4 aromatic carbocycles. The Morgan fingerprint density at radius 3 is 0.838 bits per heavy atom. The van der Waals surface area contributed by atoms with Crippen LogP contribution in [0.1, 0.15) is 74.9 Å². The molecule has 0 aromatic heterocycles. The van der Waals surface area contributed by atoms with Gasteiger partial charge in [0.15, 0.2) is 0 Å². The molecule has 0 aliphatic heterocycles. The maximum atomic E-state index is 2.27. The second-order valence-corrected chi connectivity index (χ2v) is 11.9. The van der Waals surface area contributed by atoms with E-state index in [0.29, 0.717) is 0 Å². The van der Waals surface area contributed by atoms with E-state index in [-0.39, 0.29) is 61.5 Å². The fraction of sp³-hybridized carbons (Fsp3) is 0.353. The zero-order valence-electron chi connectivity index (χ0n) is 24.2. The summed E-state index contributed by atoms with van der Waals surface area (Å²) in [6.45, 7) is 22.2. The van der Waals surface area contributed by atoms with E-state index >= 15 is 0 Å². The Morgan fingerprint density at radius 2 is 0.649 bits per heavy atom. The standard InChI is InChI=1S/2C17H21.2ClH.Hf/c2*1-12-10-15(11-13(12)2)14-6-8-16(9-7-14)17(3,4)5;;;/h2*6-11H,1-5H3;2*1H;/q2*-1;;;+4/p-2. The zero-order chi connectivity index (χ0) is 25.3. The molecule has 3 heteroatoms. The molecule has 0 fully saturated rings. The van der Waals surface area contributed by atoms with Gasteiger partial charge in [-0.15, -0.1) is 81.9 Å². The SMILES string of the molecule is Cc1c[c-](-c2ccc(C(C)(C)C)cc2)cc1C.Cc1c[c-](-c2ccc(C(C)(C)C)cc2)cc1C.[Cl-].[Cl-].[Hf+4]. The van der Waals surface area contributed by atoms with E-state index in [9.17, 15) is 0 Å². The van der Waals surface area contributed by atoms with Gasteiger partial charge in [0.25, 0.3) is 0 Å². The molecule has 0 bridgehead atoms. The van der Waals surface area contributed by atoms with Crippen molar-refractivity contribution in [2.75, 3.05) is 0 Å². The van der Waals surface area contributed by atoms with Crippen LogP contribution in [0.3, 0.4) is 0 Å². The summed E-state index contributed by atoms with van der Waals surface area (Å²) in [5, 5.41) is 0. The van der Waals surface area contributed by atoms with Crippen molar-refractivity contribution in [3.05, 3.63) is 106 Å². The van der Waals surface area contributed by atoms with Gasteiger partial charge in [0, 0.05) is 0 Å². The Morgan fingerprint density at radius 1 is 0.432 bits per heavy atom. The van der Waals surface area contributed by atoms with Crippen molar-refractivity contribution in [2.45, 2.75) is 80.1 Å². The summed E-state index contributed by atoms with van der Waals surface area (Å²) < 4.78 is 0. The smallest absolute Gasteiger partial charge is 1.00 e. The molecule has 0 saturated carbocycles. The average molecular weight is 700 g/mol. The van der Waals surface area contributed by atoms with E-state index in [1.807, 2.05) is 0 Å². The first-order chi connectivity index (χ1) is 15.8. The predicted molar refractivity (Wildman–Crippen MR) is 151 cm³/mol. The minimum atomic E-state index is 0. The molecule has 4 aromatic rings. The van der Waals surface area contributed by atoms with Crippen molar-refractivity contribution in [1.82, 2.24) is 0 Å². The summed E-state index contributed by atoms with van der Waals surface area (Å²) in [4.78, 5) is 0. The monoisotopic (exact) mass is 700 g/mol. The topological polar surface area (TPSA) is 0 Å². The van der Waals surface area contributed by atoms with Crippen molar-refractivity contribution < 1.29 is 50.7 Å². The van der Waals surface area contributed by atoms with Crippen LogP contribution < -0.4 is 24.8 Å². The molecule has 0 amide bonds. The van der Waals surface area contributed by atoms with Crippen LogP contribution in [0.15, 0.2) is 72.8 Å². The first-order valence-corrected chi connectivity index (χ1v) is 12.5. The van der Waals surface area contributed by atoms with E-state index < -0.39 is 0 Å². The van der Waals surface area contributed by atoms with Crippen LogP contribution in [-0.4, -0.2) is 0 Å². The molecular weight excluding hydrogens is 658 g/mol. The Kier molecular flexibility index (Phi) is 13.6. The van der Waals surface area contributed by atoms with Crippen LogP contribution in [0.25, 0.3) is 22.3 Å². The van der Waals surface area contributed by atoms with Crippen molar-refractivity contribution in [2.24, 2.45) is 0 Å². The largest absolute Gasteiger partial charge is 4.00 e. The van der Waals surface area contributed by atoms with Crippen LogP contribution in [0.2, 0.25) is 0 Å². The summed E-state index contributed by atoms with van der Waals surface area (Å²) in [6.07, 6.45) is 0. The Bertz CT molecular complexity index is 1090. The third kappa shape index (κ3) is 9.38. The molecule has 0 saturated heterocycles. The Hall–Kier alpha value is -1.41. The predicted octanol–water partition coefficient (Wildman–Crippen LogP) is 3.98. The molecule has 0 radical (unpaired) electrons. The van der Waals surface area contributed by atoms with E-state index in [2.05, 4.69) is 142 Å². The Balaban J connectivity index is 0.000000648. The molecule has 0 heterocycles. The van der Waals surface area contributed by atoms with Crippen molar-refractivity contribution in [3.8, 4) is 22.3 Å². The average Bonchev–Trinajstić information content (AvgIpc) is 3.28. The molecule has 196 valence electrons. The van der Waals surface area contributed by atoms with Gasteiger partial charge in [0.1, 0.15) is 0 Å².